The fourth-order valence-electron chi connectivity index (χ4n) is 2.73. The summed E-state index contributed by atoms with van der Waals surface area (Å²) in [7, 11) is 2.00. The topological polar surface area (TPSA) is 45.2 Å². The first-order chi connectivity index (χ1) is 13.8. The van der Waals surface area contributed by atoms with Gasteiger partial charge in [0.25, 0.3) is 5.91 Å². The van der Waals surface area contributed by atoms with E-state index in [4.69, 9.17) is 28.2 Å². The van der Waals surface area contributed by atoms with Gasteiger partial charge in [0.1, 0.15) is 0 Å². The third kappa shape index (κ3) is 5.72. The van der Waals surface area contributed by atoms with Crippen molar-refractivity contribution in [2.24, 2.45) is 5.92 Å². The number of rotatable bonds is 7. The molecule has 0 unspecified atom stereocenters. The Hall–Kier alpha value is -2.08. The predicted molar refractivity (Wildman–Crippen MR) is 123 cm³/mol. The molecular formula is C22H23Cl2N3OS. The number of carbonyl (C=O) groups excluding carboxylic acids is 1. The molecule has 7 heteroatoms. The summed E-state index contributed by atoms with van der Waals surface area (Å²) >= 11 is 13.7. The molecule has 3 aromatic rings. The van der Waals surface area contributed by atoms with Gasteiger partial charge in [0.15, 0.2) is 5.13 Å². The number of aromatic nitrogens is 1. The van der Waals surface area contributed by atoms with E-state index >= 15 is 0 Å². The summed E-state index contributed by atoms with van der Waals surface area (Å²) < 4.78 is 0. The Balaban J connectivity index is 1.64. The second-order valence-corrected chi connectivity index (χ2v) is 8.95. The molecule has 0 saturated carbocycles. The fraction of sp³-hybridized carbons (Fsp3) is 0.273. The van der Waals surface area contributed by atoms with E-state index in [1.54, 1.807) is 17.4 Å². The molecule has 0 fully saturated rings. The van der Waals surface area contributed by atoms with Gasteiger partial charge in [-0.2, -0.15) is 0 Å². The van der Waals surface area contributed by atoms with Crippen molar-refractivity contribution >= 4 is 45.6 Å². The molecule has 0 atom stereocenters. The van der Waals surface area contributed by atoms with E-state index < -0.39 is 0 Å². The molecule has 3 rings (SSSR count). The van der Waals surface area contributed by atoms with Crippen LogP contribution >= 0.6 is 34.5 Å². The molecular weight excluding hydrogens is 425 g/mol. The third-order valence-electron chi connectivity index (χ3n) is 4.34. The van der Waals surface area contributed by atoms with E-state index in [0.29, 0.717) is 34.6 Å². The molecule has 0 radical (unpaired) electrons. The maximum atomic E-state index is 12.1. The smallest absolute Gasteiger partial charge is 0.251 e. The molecule has 0 saturated heterocycles. The minimum atomic E-state index is -0.0372. The van der Waals surface area contributed by atoms with Gasteiger partial charge in [0, 0.05) is 36.6 Å². The number of hydrogen-bond acceptors (Lipinski definition) is 4. The van der Waals surface area contributed by atoms with Crippen molar-refractivity contribution in [1.29, 1.82) is 0 Å². The number of carbonyl (C=O) groups is 1. The molecule has 4 nitrogen and oxygen atoms in total. The number of thiazole rings is 1. The largest absolute Gasteiger partial charge is 0.352 e. The van der Waals surface area contributed by atoms with Gasteiger partial charge in [0.2, 0.25) is 0 Å². The summed E-state index contributed by atoms with van der Waals surface area (Å²) in [6.45, 7) is 5.52. The first kappa shape index (κ1) is 21.6. The molecule has 0 aliphatic rings. The monoisotopic (exact) mass is 447 g/mol. The summed E-state index contributed by atoms with van der Waals surface area (Å²) in [5.74, 6) is 0.392. The molecule has 1 heterocycles. The first-order valence-corrected chi connectivity index (χ1v) is 11.0. The Bertz CT molecular complexity index is 986. The highest BCUT2D eigenvalue weighted by Crippen LogP contribution is 2.31. The van der Waals surface area contributed by atoms with Gasteiger partial charge in [-0.25, -0.2) is 4.98 Å². The zero-order chi connectivity index (χ0) is 21.0. The van der Waals surface area contributed by atoms with E-state index in [9.17, 15) is 4.79 Å². The SMILES string of the molecule is CC(C)CNC(=O)c1ccc(CN(C)c2nc(-c3ccc(Cl)c(Cl)c3)cs2)cc1. The van der Waals surface area contributed by atoms with Crippen LogP contribution in [0.25, 0.3) is 11.3 Å². The molecule has 0 aliphatic carbocycles. The number of amides is 1. The van der Waals surface area contributed by atoms with Crippen molar-refractivity contribution in [1.82, 2.24) is 10.3 Å². The average Bonchev–Trinajstić information content (AvgIpc) is 3.19. The van der Waals surface area contributed by atoms with Crippen molar-refractivity contribution in [3.8, 4) is 11.3 Å². The summed E-state index contributed by atoms with van der Waals surface area (Å²) in [5, 5.41) is 6.90. The van der Waals surface area contributed by atoms with E-state index in [1.165, 1.54) is 0 Å². The van der Waals surface area contributed by atoms with Crippen LogP contribution in [0.4, 0.5) is 5.13 Å². The van der Waals surface area contributed by atoms with E-state index in [2.05, 4.69) is 24.1 Å². The molecule has 1 aromatic heterocycles. The zero-order valence-corrected chi connectivity index (χ0v) is 18.9. The second-order valence-electron chi connectivity index (χ2n) is 7.30. The minimum absolute atomic E-state index is 0.0372. The number of nitrogens with one attached hydrogen (secondary N) is 1. The lowest BCUT2D eigenvalue weighted by Gasteiger charge is -2.16. The minimum Gasteiger partial charge on any atom is -0.352 e. The predicted octanol–water partition coefficient (Wildman–Crippen LogP) is 6.14. The lowest BCUT2D eigenvalue weighted by Crippen LogP contribution is -2.27. The molecule has 29 heavy (non-hydrogen) atoms. The maximum absolute atomic E-state index is 12.1. The average molecular weight is 448 g/mol. The van der Waals surface area contributed by atoms with Crippen LogP contribution in [-0.2, 0) is 6.54 Å². The van der Waals surface area contributed by atoms with E-state index in [0.717, 1.165) is 22.0 Å². The Labute approximate surface area is 185 Å². The highest BCUT2D eigenvalue weighted by atomic mass is 35.5. The lowest BCUT2D eigenvalue weighted by atomic mass is 10.1. The van der Waals surface area contributed by atoms with E-state index in [1.807, 2.05) is 48.8 Å². The molecule has 1 amide bonds. The van der Waals surface area contributed by atoms with Crippen LogP contribution in [0, 0.1) is 5.92 Å². The molecule has 0 spiro atoms. The van der Waals surface area contributed by atoms with Gasteiger partial charge in [-0.05, 0) is 35.7 Å². The quantitative estimate of drug-likeness (QED) is 0.472. The Morgan fingerprint density at radius 3 is 2.52 bits per heavy atom. The van der Waals surface area contributed by atoms with Crippen LogP contribution in [0.5, 0.6) is 0 Å². The summed E-state index contributed by atoms with van der Waals surface area (Å²) in [6, 6.07) is 13.2. The highest BCUT2D eigenvalue weighted by Gasteiger charge is 2.11. The Morgan fingerprint density at radius 1 is 1.14 bits per heavy atom. The Morgan fingerprint density at radius 2 is 1.86 bits per heavy atom. The number of halogens is 2. The van der Waals surface area contributed by atoms with Gasteiger partial charge in [0.05, 0.1) is 15.7 Å². The van der Waals surface area contributed by atoms with Crippen molar-refractivity contribution in [2.75, 3.05) is 18.5 Å². The molecule has 0 bridgehead atoms. The fourth-order valence-corrected chi connectivity index (χ4v) is 3.83. The first-order valence-electron chi connectivity index (χ1n) is 9.32. The normalized spacial score (nSPS) is 11.0. The zero-order valence-electron chi connectivity index (χ0n) is 16.6. The van der Waals surface area contributed by atoms with Crippen molar-refractivity contribution in [3.05, 3.63) is 69.0 Å². The lowest BCUT2D eigenvalue weighted by molar-refractivity contribution is 0.0949. The van der Waals surface area contributed by atoms with Crippen LogP contribution in [0.1, 0.15) is 29.8 Å². The molecule has 2 aromatic carbocycles. The van der Waals surface area contributed by atoms with Crippen LogP contribution < -0.4 is 10.2 Å². The van der Waals surface area contributed by atoms with E-state index in [-0.39, 0.29) is 5.91 Å². The molecule has 152 valence electrons. The Kier molecular flexibility index (Phi) is 7.17. The van der Waals surface area contributed by atoms with Gasteiger partial charge in [-0.1, -0.05) is 55.2 Å². The van der Waals surface area contributed by atoms with Gasteiger partial charge in [-0.3, -0.25) is 4.79 Å². The number of anilines is 1. The summed E-state index contributed by atoms with van der Waals surface area (Å²) in [5.41, 5.74) is 3.59. The van der Waals surface area contributed by atoms with Crippen molar-refractivity contribution < 1.29 is 4.79 Å². The number of benzene rings is 2. The van der Waals surface area contributed by atoms with Gasteiger partial charge >= 0.3 is 0 Å². The van der Waals surface area contributed by atoms with Crippen molar-refractivity contribution in [3.63, 3.8) is 0 Å². The molecule has 1 N–H and O–H groups in total. The van der Waals surface area contributed by atoms with Crippen LogP contribution in [0.15, 0.2) is 47.8 Å². The van der Waals surface area contributed by atoms with Gasteiger partial charge in [-0.15, -0.1) is 11.3 Å². The standard InChI is InChI=1S/C22H23Cl2N3OS/c1-14(2)11-25-21(28)16-6-4-15(5-7-16)12-27(3)22-26-20(13-29-22)17-8-9-18(23)19(24)10-17/h4-10,13-14H,11-12H2,1-3H3,(H,25,28). The molecule has 0 aliphatic heterocycles. The maximum Gasteiger partial charge on any atom is 0.251 e. The van der Waals surface area contributed by atoms with Crippen molar-refractivity contribution in [2.45, 2.75) is 20.4 Å². The van der Waals surface area contributed by atoms with Crippen LogP contribution in [-0.4, -0.2) is 24.5 Å². The highest BCUT2D eigenvalue weighted by molar-refractivity contribution is 7.14. The summed E-state index contributed by atoms with van der Waals surface area (Å²) in [4.78, 5) is 18.9. The number of nitrogens with zero attached hydrogens (tertiary/aromatic N) is 2. The van der Waals surface area contributed by atoms with Crippen LogP contribution in [0.2, 0.25) is 10.0 Å². The third-order valence-corrected chi connectivity index (χ3v) is 6.03. The van der Waals surface area contributed by atoms with Gasteiger partial charge < -0.3 is 10.2 Å². The number of hydrogen-bond donors (Lipinski definition) is 1. The summed E-state index contributed by atoms with van der Waals surface area (Å²) in [6.07, 6.45) is 0. The second kappa shape index (κ2) is 9.61. The van der Waals surface area contributed by atoms with Crippen LogP contribution in [0.3, 0.4) is 0 Å².